The molecular formula is C46H75N3O15. The van der Waals surface area contributed by atoms with Crippen molar-refractivity contribution in [3.8, 4) is 11.5 Å². The van der Waals surface area contributed by atoms with E-state index in [0.717, 1.165) is 25.7 Å². The van der Waals surface area contributed by atoms with Crippen LogP contribution in [0.3, 0.4) is 0 Å². The predicted octanol–water partition coefficient (Wildman–Crippen LogP) is 4.43. The molecule has 7 N–H and O–H groups in total. The molecule has 2 rings (SSSR count). The molecule has 2 aromatic rings. The van der Waals surface area contributed by atoms with Gasteiger partial charge in [0, 0.05) is 13.2 Å². The second kappa shape index (κ2) is 36.6. The number of anilines is 2. The molecule has 0 saturated carbocycles. The molecule has 364 valence electrons. The van der Waals surface area contributed by atoms with Crippen molar-refractivity contribution in [3.05, 3.63) is 48.5 Å². The first kappa shape index (κ1) is 57.3. The summed E-state index contributed by atoms with van der Waals surface area (Å²) in [5, 5.41) is 44.2. The fourth-order valence-corrected chi connectivity index (χ4v) is 5.92. The second-order valence-electron chi connectivity index (χ2n) is 15.2. The number of carboxylic acid groups (broad SMARTS) is 2. The Kier molecular flexibility index (Phi) is 32.8. The number of esters is 2. The fraction of sp³-hybridized carbons (Fsp3) is 0.652. The molecule has 0 aliphatic rings. The highest BCUT2D eigenvalue weighted by Crippen LogP contribution is 2.30. The molecule has 64 heavy (non-hydrogen) atoms. The molecule has 0 radical (unpaired) electrons. The number of hydrogen-bond acceptors (Lipinski definition) is 16. The molecule has 18 nitrogen and oxygen atoms in total. The number of carbonyl (C=O) groups is 4. The third-order valence-electron chi connectivity index (χ3n) is 9.51. The van der Waals surface area contributed by atoms with E-state index >= 15 is 0 Å². The first-order chi connectivity index (χ1) is 30.9. The van der Waals surface area contributed by atoms with Crippen molar-refractivity contribution in [2.24, 2.45) is 5.73 Å². The van der Waals surface area contributed by atoms with Gasteiger partial charge in [-0.15, -0.1) is 0 Å². The lowest BCUT2D eigenvalue weighted by atomic mass is 10.1. The Balaban J connectivity index is 0.00000232. The molecule has 0 bridgehead atoms. The summed E-state index contributed by atoms with van der Waals surface area (Å²) in [6.45, 7) is 3.45. The molecule has 0 fully saturated rings. The Hall–Kier alpha value is -4.72. The Morgan fingerprint density at radius 3 is 1.20 bits per heavy atom. The van der Waals surface area contributed by atoms with Gasteiger partial charge in [-0.05, 0) is 37.1 Å². The second-order valence-corrected chi connectivity index (χ2v) is 15.2. The van der Waals surface area contributed by atoms with Crippen LogP contribution in [0.4, 0.5) is 11.4 Å². The first-order valence-corrected chi connectivity index (χ1v) is 22.4. The zero-order chi connectivity index (χ0) is 47.3. The number of aliphatic hydroxyl groups excluding tert-OH is 3. The van der Waals surface area contributed by atoms with Gasteiger partial charge in [-0.25, -0.2) is 0 Å². The van der Waals surface area contributed by atoms with Crippen LogP contribution in [0, 0.1) is 0 Å². The quantitative estimate of drug-likeness (QED) is 0.0402. The van der Waals surface area contributed by atoms with Gasteiger partial charge >= 0.3 is 23.9 Å². The summed E-state index contributed by atoms with van der Waals surface area (Å²) in [5.41, 5.74) is 4.70. The summed E-state index contributed by atoms with van der Waals surface area (Å²) in [7, 11) is 0. The van der Waals surface area contributed by atoms with Crippen LogP contribution >= 0.6 is 0 Å². The largest absolute Gasteiger partial charge is 0.488 e. The van der Waals surface area contributed by atoms with Crippen LogP contribution in [0.2, 0.25) is 0 Å². The van der Waals surface area contributed by atoms with Crippen molar-refractivity contribution in [2.75, 3.05) is 109 Å². The highest BCUT2D eigenvalue weighted by molar-refractivity contribution is 5.82. The van der Waals surface area contributed by atoms with Gasteiger partial charge in [0.1, 0.15) is 64.1 Å². The number of aliphatic hydroxyl groups is 3. The normalized spacial score (nSPS) is 11.0. The summed E-state index contributed by atoms with van der Waals surface area (Å²) < 4.78 is 33.7. The van der Waals surface area contributed by atoms with Crippen molar-refractivity contribution >= 4 is 35.3 Å². The van der Waals surface area contributed by atoms with E-state index in [-0.39, 0.29) is 52.7 Å². The van der Waals surface area contributed by atoms with Gasteiger partial charge in [0.15, 0.2) is 0 Å². The molecule has 0 aliphatic heterocycles. The number of rotatable bonds is 38. The number of benzene rings is 2. The van der Waals surface area contributed by atoms with E-state index in [9.17, 15) is 29.4 Å². The van der Waals surface area contributed by atoms with Crippen molar-refractivity contribution in [1.29, 1.82) is 0 Å². The molecule has 0 unspecified atom stereocenters. The van der Waals surface area contributed by atoms with Gasteiger partial charge in [-0.2, -0.15) is 0 Å². The summed E-state index contributed by atoms with van der Waals surface area (Å²) in [6, 6.07) is 13.5. The third kappa shape index (κ3) is 27.5. The summed E-state index contributed by atoms with van der Waals surface area (Å²) >= 11 is 0. The number of hydrogen-bond donors (Lipinski definition) is 6. The van der Waals surface area contributed by atoms with Crippen molar-refractivity contribution < 1.29 is 73.1 Å². The summed E-state index contributed by atoms with van der Waals surface area (Å²) in [6.07, 6.45) is 13.8. The molecule has 0 spiro atoms. The number of unbranched alkanes of at least 4 members (excludes halogenated alkanes) is 10. The third-order valence-corrected chi connectivity index (χ3v) is 9.51. The SMILES string of the molecule is CCCCCCCCOCCOC(=O)CN(CC(=O)O)c1ccccc1OCCOc1ccccc1N(CC(=O)O)CC(=O)OCCOCCCCCCCC.NC(CO)(CO)CO. The Bertz CT molecular complexity index is 1430. The fourth-order valence-electron chi connectivity index (χ4n) is 5.92. The van der Waals surface area contributed by atoms with Crippen molar-refractivity contribution in [3.63, 3.8) is 0 Å². The maximum Gasteiger partial charge on any atom is 0.325 e. The number of carbonyl (C=O) groups excluding carboxylic acids is 2. The lowest BCUT2D eigenvalue weighted by Crippen LogP contribution is -2.50. The first-order valence-electron chi connectivity index (χ1n) is 22.4. The summed E-state index contributed by atoms with van der Waals surface area (Å²) in [5.74, 6) is -2.83. The number of ether oxygens (including phenoxy) is 6. The molecule has 18 heteroatoms. The molecule has 0 aromatic heterocycles. The molecule has 0 amide bonds. The number of carboxylic acids is 2. The lowest BCUT2D eigenvalue weighted by molar-refractivity contribution is -0.144. The van der Waals surface area contributed by atoms with Crippen LogP contribution < -0.4 is 25.0 Å². The van der Waals surface area contributed by atoms with Gasteiger partial charge in [0.25, 0.3) is 0 Å². The molecule has 0 aliphatic carbocycles. The van der Waals surface area contributed by atoms with E-state index in [0.29, 0.717) is 36.1 Å². The van der Waals surface area contributed by atoms with Gasteiger partial charge in [-0.3, -0.25) is 19.2 Å². The minimum atomic E-state index is -1.21. The zero-order valence-electron chi connectivity index (χ0n) is 38.0. The smallest absolute Gasteiger partial charge is 0.325 e. The predicted molar refractivity (Wildman–Crippen MR) is 242 cm³/mol. The van der Waals surface area contributed by atoms with Gasteiger partial charge in [0.2, 0.25) is 0 Å². The highest BCUT2D eigenvalue weighted by Gasteiger charge is 2.22. The monoisotopic (exact) mass is 910 g/mol. The van der Waals surface area contributed by atoms with Crippen LogP contribution in [0.25, 0.3) is 0 Å². The average Bonchev–Trinajstić information content (AvgIpc) is 3.28. The molecule has 0 heterocycles. The Morgan fingerprint density at radius 2 is 0.859 bits per heavy atom. The van der Waals surface area contributed by atoms with E-state index in [1.165, 1.54) is 61.2 Å². The van der Waals surface area contributed by atoms with Crippen LogP contribution in [-0.2, 0) is 38.1 Å². The van der Waals surface area contributed by atoms with Crippen LogP contribution in [-0.4, -0.2) is 154 Å². The van der Waals surface area contributed by atoms with Crippen molar-refractivity contribution in [2.45, 2.75) is 96.4 Å². The molecule has 2 aromatic carbocycles. The number of nitrogens with two attached hydrogens (primary N) is 1. The van der Waals surface area contributed by atoms with Crippen LogP contribution in [0.15, 0.2) is 48.5 Å². The van der Waals surface area contributed by atoms with Crippen molar-refractivity contribution in [1.82, 2.24) is 0 Å². The van der Waals surface area contributed by atoms with E-state index < -0.39 is 62.3 Å². The number of nitrogens with zero attached hydrogens (tertiary/aromatic N) is 2. The topological polar surface area (TPSA) is 257 Å². The number of para-hydroxylation sites is 4. The van der Waals surface area contributed by atoms with E-state index in [1.54, 1.807) is 48.5 Å². The zero-order valence-corrected chi connectivity index (χ0v) is 38.0. The molecule has 0 atom stereocenters. The molecular weight excluding hydrogens is 835 g/mol. The minimum Gasteiger partial charge on any atom is -0.488 e. The van der Waals surface area contributed by atoms with E-state index in [4.69, 9.17) is 49.5 Å². The maximum absolute atomic E-state index is 12.7. The van der Waals surface area contributed by atoms with E-state index in [2.05, 4.69) is 13.8 Å². The highest BCUT2D eigenvalue weighted by atomic mass is 16.6. The van der Waals surface area contributed by atoms with Crippen LogP contribution in [0.5, 0.6) is 11.5 Å². The standard InChI is InChI=1S/C42H64N2O12.C4H11NO3/c1-3-5-7-9-11-17-23-51-25-27-55-41(49)33-43(31-39(45)46)35-19-13-15-21-37(35)53-29-30-54-38-22-16-14-20-36(38)44(32-40(47)48)34-42(50)56-28-26-52-24-18-12-10-8-6-4-2;5-4(1-6,2-7)3-8/h13-16,19-22H,3-12,17-18,23-34H2,1-2H3,(H,45,46)(H,47,48);6-8H,1-3,5H2. The van der Waals surface area contributed by atoms with Gasteiger partial charge < -0.3 is 69.5 Å². The Morgan fingerprint density at radius 1 is 0.500 bits per heavy atom. The minimum absolute atomic E-state index is 0.0202. The Labute approximate surface area is 378 Å². The van der Waals surface area contributed by atoms with Gasteiger partial charge in [0.05, 0.1) is 49.9 Å². The summed E-state index contributed by atoms with van der Waals surface area (Å²) in [4.78, 5) is 51.6. The lowest BCUT2D eigenvalue weighted by Gasteiger charge is -2.25. The maximum atomic E-state index is 12.7. The number of aliphatic carboxylic acids is 2. The van der Waals surface area contributed by atoms with Gasteiger partial charge in [-0.1, -0.05) is 102 Å². The van der Waals surface area contributed by atoms with E-state index in [1.807, 2.05) is 0 Å². The average molecular weight is 910 g/mol. The van der Waals surface area contributed by atoms with Crippen LogP contribution in [0.1, 0.15) is 90.9 Å². The molecule has 0 saturated heterocycles.